The van der Waals surface area contributed by atoms with Crippen LogP contribution < -0.4 is 15.5 Å². The molecule has 2 N–H and O–H groups in total. The monoisotopic (exact) mass is 337 g/mol. The molecule has 0 unspecified atom stereocenters. The van der Waals surface area contributed by atoms with Crippen molar-refractivity contribution in [2.45, 2.75) is 44.7 Å². The molecule has 1 aromatic carbocycles. The van der Waals surface area contributed by atoms with Gasteiger partial charge in [0.15, 0.2) is 0 Å². The smallest absolute Gasteiger partial charge is 0.237 e. The fourth-order valence-corrected chi connectivity index (χ4v) is 3.10. The second kappa shape index (κ2) is 8.31. The molecule has 0 aliphatic carbocycles. The van der Waals surface area contributed by atoms with Gasteiger partial charge in [0.25, 0.3) is 0 Å². The summed E-state index contributed by atoms with van der Waals surface area (Å²) in [4.78, 5) is 25.6. The number of carbonyl (C=O) groups excluding carboxylic acids is 2. The molecule has 0 bridgehead atoms. The van der Waals surface area contributed by atoms with Gasteiger partial charge in [-0.05, 0) is 43.5 Å². The maximum Gasteiger partial charge on any atom is 0.237 e. The van der Waals surface area contributed by atoms with E-state index in [1.165, 1.54) is 0 Å². The van der Waals surface area contributed by atoms with E-state index in [2.05, 4.69) is 10.6 Å². The molecule has 0 saturated carbocycles. The Hall–Kier alpha value is -1.59. The van der Waals surface area contributed by atoms with E-state index in [1.807, 2.05) is 29.2 Å². The predicted molar refractivity (Wildman–Crippen MR) is 92.8 cm³/mol. The molecule has 0 radical (unpaired) electrons. The van der Waals surface area contributed by atoms with Gasteiger partial charge in [0.1, 0.15) is 0 Å². The number of halogens is 1. The molecule has 126 valence electrons. The van der Waals surface area contributed by atoms with Crippen molar-refractivity contribution in [1.82, 2.24) is 10.6 Å². The highest BCUT2D eigenvalue weighted by Crippen LogP contribution is 2.21. The standard InChI is InChI=1S/C17H23N3O2.ClH/c21-16-5-3-11-20(16)14-8-6-13(7-9-14)12-19-17(22)15-4-1-2-10-18-15;/h6-9,15,18H,1-5,10-12H2,(H,19,22);1H/t15-;/m0./s1. The van der Waals surface area contributed by atoms with Gasteiger partial charge < -0.3 is 15.5 Å². The van der Waals surface area contributed by atoms with Crippen LogP contribution in [0.3, 0.4) is 0 Å². The zero-order valence-electron chi connectivity index (χ0n) is 13.2. The molecule has 2 amide bonds. The molecule has 0 spiro atoms. The van der Waals surface area contributed by atoms with Crippen molar-refractivity contribution < 1.29 is 9.59 Å². The highest BCUT2D eigenvalue weighted by Gasteiger charge is 2.22. The molecule has 0 aromatic heterocycles. The summed E-state index contributed by atoms with van der Waals surface area (Å²) in [6, 6.07) is 7.84. The topological polar surface area (TPSA) is 61.4 Å². The molecule has 2 aliphatic rings. The van der Waals surface area contributed by atoms with Gasteiger partial charge in [0.05, 0.1) is 6.04 Å². The summed E-state index contributed by atoms with van der Waals surface area (Å²) in [6.07, 6.45) is 4.77. The lowest BCUT2D eigenvalue weighted by Gasteiger charge is -2.22. The molecular formula is C17H24ClN3O2. The maximum atomic E-state index is 12.1. The third-order valence-electron chi connectivity index (χ3n) is 4.41. The fourth-order valence-electron chi connectivity index (χ4n) is 3.10. The Morgan fingerprint density at radius 2 is 2.00 bits per heavy atom. The largest absolute Gasteiger partial charge is 0.351 e. The molecule has 2 heterocycles. The lowest BCUT2D eigenvalue weighted by atomic mass is 10.0. The number of hydrogen-bond donors (Lipinski definition) is 2. The average molecular weight is 338 g/mol. The summed E-state index contributed by atoms with van der Waals surface area (Å²) in [5, 5.41) is 6.23. The first-order valence-electron chi connectivity index (χ1n) is 8.14. The van der Waals surface area contributed by atoms with Crippen molar-refractivity contribution in [3.8, 4) is 0 Å². The lowest BCUT2D eigenvalue weighted by molar-refractivity contribution is -0.123. The summed E-state index contributed by atoms with van der Waals surface area (Å²) in [5.41, 5.74) is 2.01. The average Bonchev–Trinajstić information content (AvgIpc) is 3.00. The van der Waals surface area contributed by atoms with Crippen molar-refractivity contribution >= 4 is 29.9 Å². The lowest BCUT2D eigenvalue weighted by Crippen LogP contribution is -2.46. The van der Waals surface area contributed by atoms with Crippen LogP contribution >= 0.6 is 12.4 Å². The van der Waals surface area contributed by atoms with Gasteiger partial charge >= 0.3 is 0 Å². The SMILES string of the molecule is Cl.O=C(NCc1ccc(N2CCCC2=O)cc1)[C@@H]1CCCCN1. The molecule has 5 nitrogen and oxygen atoms in total. The molecule has 2 fully saturated rings. The number of amides is 2. The molecule has 23 heavy (non-hydrogen) atoms. The van der Waals surface area contributed by atoms with Crippen LogP contribution in [0.2, 0.25) is 0 Å². The first-order chi connectivity index (χ1) is 10.7. The molecule has 1 atom stereocenters. The van der Waals surface area contributed by atoms with Gasteiger partial charge in [-0.1, -0.05) is 18.6 Å². The minimum atomic E-state index is -0.0461. The summed E-state index contributed by atoms with van der Waals surface area (Å²) >= 11 is 0. The number of rotatable bonds is 4. The van der Waals surface area contributed by atoms with E-state index < -0.39 is 0 Å². The normalized spacial score (nSPS) is 21.0. The van der Waals surface area contributed by atoms with Crippen molar-refractivity contribution in [1.29, 1.82) is 0 Å². The van der Waals surface area contributed by atoms with E-state index >= 15 is 0 Å². The minimum absolute atomic E-state index is 0. The summed E-state index contributed by atoms with van der Waals surface area (Å²) < 4.78 is 0. The van der Waals surface area contributed by atoms with Gasteiger partial charge in [-0.3, -0.25) is 9.59 Å². The van der Waals surface area contributed by atoms with Crippen molar-refractivity contribution in [3.05, 3.63) is 29.8 Å². The number of nitrogens with zero attached hydrogens (tertiary/aromatic N) is 1. The van der Waals surface area contributed by atoms with Gasteiger partial charge in [-0.15, -0.1) is 12.4 Å². The van der Waals surface area contributed by atoms with Crippen LogP contribution in [-0.4, -0.2) is 30.9 Å². The van der Waals surface area contributed by atoms with Crippen molar-refractivity contribution in [3.63, 3.8) is 0 Å². The van der Waals surface area contributed by atoms with Gasteiger partial charge in [-0.25, -0.2) is 0 Å². The van der Waals surface area contributed by atoms with E-state index in [9.17, 15) is 9.59 Å². The van der Waals surface area contributed by atoms with Crippen molar-refractivity contribution in [2.75, 3.05) is 18.0 Å². The summed E-state index contributed by atoms with van der Waals surface area (Å²) in [7, 11) is 0. The Labute approximate surface area is 143 Å². The van der Waals surface area contributed by atoms with Gasteiger partial charge in [0, 0.05) is 25.2 Å². The Morgan fingerprint density at radius 1 is 1.22 bits per heavy atom. The van der Waals surface area contributed by atoms with E-state index in [0.717, 1.165) is 50.0 Å². The molecule has 3 rings (SSSR count). The van der Waals surface area contributed by atoms with Crippen molar-refractivity contribution in [2.24, 2.45) is 0 Å². The Kier molecular flexibility index (Phi) is 6.42. The van der Waals surface area contributed by atoms with E-state index in [1.54, 1.807) is 0 Å². The number of benzene rings is 1. The van der Waals surface area contributed by atoms with Crippen LogP contribution in [0, 0.1) is 0 Å². The van der Waals surface area contributed by atoms with Crippen LogP contribution in [0.1, 0.15) is 37.7 Å². The van der Waals surface area contributed by atoms with Gasteiger partial charge in [0.2, 0.25) is 11.8 Å². The summed E-state index contributed by atoms with van der Waals surface area (Å²) in [6.45, 7) is 2.27. The third kappa shape index (κ3) is 4.45. The third-order valence-corrected chi connectivity index (χ3v) is 4.41. The van der Waals surface area contributed by atoms with E-state index in [0.29, 0.717) is 13.0 Å². The number of hydrogen-bond acceptors (Lipinski definition) is 3. The fraction of sp³-hybridized carbons (Fsp3) is 0.529. The Balaban J connectivity index is 0.00000192. The first kappa shape index (κ1) is 17.8. The zero-order chi connectivity index (χ0) is 15.4. The number of piperidine rings is 1. The van der Waals surface area contributed by atoms with Crippen LogP contribution in [0.15, 0.2) is 24.3 Å². The maximum absolute atomic E-state index is 12.1. The van der Waals surface area contributed by atoms with Crippen LogP contribution in [-0.2, 0) is 16.1 Å². The Bertz CT molecular complexity index is 541. The Morgan fingerprint density at radius 3 is 2.61 bits per heavy atom. The van der Waals surface area contributed by atoms with Crippen LogP contribution in [0.25, 0.3) is 0 Å². The molecule has 2 aliphatic heterocycles. The highest BCUT2D eigenvalue weighted by molar-refractivity contribution is 5.95. The number of carbonyl (C=O) groups is 2. The van der Waals surface area contributed by atoms with E-state index in [4.69, 9.17) is 0 Å². The number of nitrogens with one attached hydrogen (secondary N) is 2. The highest BCUT2D eigenvalue weighted by atomic mass is 35.5. The predicted octanol–water partition coefficient (Wildman–Crippen LogP) is 1.99. The van der Waals surface area contributed by atoms with Gasteiger partial charge in [-0.2, -0.15) is 0 Å². The molecule has 1 aromatic rings. The zero-order valence-corrected chi connectivity index (χ0v) is 14.0. The molecule has 2 saturated heterocycles. The van der Waals surface area contributed by atoms with Crippen LogP contribution in [0.5, 0.6) is 0 Å². The summed E-state index contributed by atoms with van der Waals surface area (Å²) in [5.74, 6) is 0.280. The van der Waals surface area contributed by atoms with E-state index in [-0.39, 0.29) is 30.3 Å². The second-order valence-corrected chi connectivity index (χ2v) is 6.04. The molecular weight excluding hydrogens is 314 g/mol. The minimum Gasteiger partial charge on any atom is -0.351 e. The first-order valence-corrected chi connectivity index (χ1v) is 8.14. The quantitative estimate of drug-likeness (QED) is 0.883. The van der Waals surface area contributed by atoms with Crippen LogP contribution in [0.4, 0.5) is 5.69 Å². The number of anilines is 1. The molecule has 6 heteroatoms. The second-order valence-electron chi connectivity index (χ2n) is 6.04.